The molecule has 2 atom stereocenters. The van der Waals surface area contributed by atoms with Crippen molar-refractivity contribution in [2.75, 3.05) is 18.0 Å². The van der Waals surface area contributed by atoms with E-state index < -0.39 is 0 Å². The second-order valence-corrected chi connectivity index (χ2v) is 9.57. The Bertz CT molecular complexity index is 1590. The third-order valence-electron chi connectivity index (χ3n) is 6.62. The summed E-state index contributed by atoms with van der Waals surface area (Å²) in [6, 6.07) is 19.5. The van der Waals surface area contributed by atoms with Crippen LogP contribution in [0.1, 0.15) is 29.9 Å². The Balaban J connectivity index is 1.20. The minimum atomic E-state index is -0.145. The maximum absolute atomic E-state index is 12.7. The second-order valence-electron chi connectivity index (χ2n) is 9.57. The van der Waals surface area contributed by atoms with Gasteiger partial charge in [0.2, 0.25) is 0 Å². The van der Waals surface area contributed by atoms with Gasteiger partial charge >= 0.3 is 0 Å². The Labute approximate surface area is 214 Å². The number of aromatic nitrogens is 4. The van der Waals surface area contributed by atoms with Crippen LogP contribution in [-0.4, -0.2) is 51.1 Å². The van der Waals surface area contributed by atoms with Gasteiger partial charge in [-0.15, -0.1) is 0 Å². The fourth-order valence-corrected chi connectivity index (χ4v) is 4.87. The van der Waals surface area contributed by atoms with Gasteiger partial charge in [0.05, 0.1) is 41.4 Å². The molecule has 8 nitrogen and oxygen atoms in total. The molecule has 37 heavy (non-hydrogen) atoms. The number of hydrogen-bond donors (Lipinski definition) is 2. The minimum absolute atomic E-state index is 0.145. The summed E-state index contributed by atoms with van der Waals surface area (Å²) in [5.41, 5.74) is 4.70. The van der Waals surface area contributed by atoms with Crippen molar-refractivity contribution in [3.63, 3.8) is 0 Å². The van der Waals surface area contributed by atoms with Crippen LogP contribution < -0.4 is 10.2 Å². The molecule has 1 saturated heterocycles. The molecule has 186 valence electrons. The van der Waals surface area contributed by atoms with Crippen LogP contribution >= 0.6 is 0 Å². The number of carbonyl (C=O) groups is 1. The summed E-state index contributed by atoms with van der Waals surface area (Å²) >= 11 is 0. The van der Waals surface area contributed by atoms with Crippen molar-refractivity contribution < 1.29 is 9.53 Å². The number of fused-ring (bicyclic) bond motifs is 2. The third-order valence-corrected chi connectivity index (χ3v) is 6.62. The molecular weight excluding hydrogens is 464 g/mol. The van der Waals surface area contributed by atoms with Gasteiger partial charge < -0.3 is 19.9 Å². The van der Waals surface area contributed by atoms with E-state index in [0.717, 1.165) is 57.8 Å². The average Bonchev–Trinajstić information content (AvgIpc) is 3.39. The summed E-state index contributed by atoms with van der Waals surface area (Å²) in [6.07, 6.45) is 3.98. The monoisotopic (exact) mass is 492 g/mol. The number of nitrogens with zero attached hydrogens (tertiary/aromatic N) is 4. The molecule has 1 aromatic carbocycles. The predicted octanol–water partition coefficient (Wildman–Crippen LogP) is 4.72. The Hall–Kier alpha value is -4.30. The number of morpholine rings is 1. The predicted molar refractivity (Wildman–Crippen MR) is 144 cm³/mol. The van der Waals surface area contributed by atoms with Gasteiger partial charge in [-0.25, -0.2) is 9.97 Å². The summed E-state index contributed by atoms with van der Waals surface area (Å²) in [5, 5.41) is 4.97. The fourth-order valence-electron chi connectivity index (χ4n) is 4.87. The van der Waals surface area contributed by atoms with Crippen LogP contribution in [0.2, 0.25) is 0 Å². The highest BCUT2D eigenvalue weighted by Crippen LogP contribution is 2.24. The van der Waals surface area contributed by atoms with E-state index in [-0.39, 0.29) is 18.1 Å². The van der Waals surface area contributed by atoms with Gasteiger partial charge in [-0.05, 0) is 67.8 Å². The first kappa shape index (κ1) is 23.1. The lowest BCUT2D eigenvalue weighted by Crippen LogP contribution is -2.45. The number of nitrogens with one attached hydrogen (secondary N) is 2. The van der Waals surface area contributed by atoms with Gasteiger partial charge in [0, 0.05) is 41.9 Å². The molecule has 1 amide bonds. The number of rotatable bonds is 5. The molecule has 1 aliphatic rings. The first-order chi connectivity index (χ1) is 18.0. The molecule has 1 aliphatic heterocycles. The van der Waals surface area contributed by atoms with Crippen LogP contribution in [0.15, 0.2) is 73.1 Å². The van der Waals surface area contributed by atoms with Crippen molar-refractivity contribution in [1.29, 1.82) is 0 Å². The third kappa shape index (κ3) is 4.88. The fraction of sp³-hybridized carbons (Fsp3) is 0.241. The summed E-state index contributed by atoms with van der Waals surface area (Å²) in [4.78, 5) is 32.4. The molecule has 0 spiro atoms. The maximum Gasteiger partial charge on any atom is 0.251 e. The van der Waals surface area contributed by atoms with Gasteiger partial charge in [-0.2, -0.15) is 0 Å². The molecule has 0 bridgehead atoms. The Kier molecular flexibility index (Phi) is 6.02. The number of hydrogen-bond acceptors (Lipinski definition) is 6. The summed E-state index contributed by atoms with van der Waals surface area (Å²) in [7, 11) is 0. The van der Waals surface area contributed by atoms with Crippen molar-refractivity contribution >= 4 is 33.5 Å². The SMILES string of the molecule is CC1CN(c2cccc(-c3ccc4cnc(CNC(=O)c5ccc6cc[nH]c6c5)cc4n3)n2)C[C@H](C)O1. The quantitative estimate of drug-likeness (QED) is 0.369. The van der Waals surface area contributed by atoms with Crippen molar-refractivity contribution in [3.05, 3.63) is 84.3 Å². The maximum atomic E-state index is 12.7. The lowest BCUT2D eigenvalue weighted by atomic mass is 10.1. The lowest BCUT2D eigenvalue weighted by molar-refractivity contribution is -0.00545. The zero-order chi connectivity index (χ0) is 25.4. The van der Waals surface area contributed by atoms with E-state index in [2.05, 4.69) is 34.0 Å². The van der Waals surface area contributed by atoms with Gasteiger partial charge in [0.1, 0.15) is 5.82 Å². The highest BCUT2D eigenvalue weighted by molar-refractivity contribution is 5.97. The molecule has 8 heteroatoms. The van der Waals surface area contributed by atoms with Gasteiger partial charge in [-0.3, -0.25) is 9.78 Å². The molecule has 2 N–H and O–H groups in total. The second kappa shape index (κ2) is 9.63. The number of aromatic amines is 1. The number of pyridine rings is 3. The summed E-state index contributed by atoms with van der Waals surface area (Å²) in [5.74, 6) is 0.782. The van der Waals surface area contributed by atoms with E-state index in [0.29, 0.717) is 12.1 Å². The molecule has 0 saturated carbocycles. The Morgan fingerprint density at radius 1 is 1.00 bits per heavy atom. The van der Waals surface area contributed by atoms with E-state index >= 15 is 0 Å². The first-order valence-electron chi connectivity index (χ1n) is 12.5. The van der Waals surface area contributed by atoms with Crippen LogP contribution in [0.25, 0.3) is 33.2 Å². The van der Waals surface area contributed by atoms with Crippen molar-refractivity contribution in [3.8, 4) is 11.4 Å². The van der Waals surface area contributed by atoms with Crippen molar-refractivity contribution in [1.82, 2.24) is 25.3 Å². The summed E-state index contributed by atoms with van der Waals surface area (Å²) in [6.45, 7) is 6.11. The largest absolute Gasteiger partial charge is 0.372 e. The Morgan fingerprint density at radius 3 is 2.68 bits per heavy atom. The standard InChI is InChI=1S/C29H28N6O2/c1-18-16-35(17-19(2)37-18)28-5-3-4-24(34-28)25-9-8-22-14-31-23(13-27(22)33-25)15-32-29(36)21-7-6-20-10-11-30-26(20)12-21/h3-14,18-19,30H,15-17H2,1-2H3,(H,32,36)/t18-,19?/m0/s1. The highest BCUT2D eigenvalue weighted by Gasteiger charge is 2.23. The number of benzene rings is 1. The lowest BCUT2D eigenvalue weighted by Gasteiger charge is -2.36. The van der Waals surface area contributed by atoms with Crippen LogP contribution in [-0.2, 0) is 11.3 Å². The molecule has 4 aromatic heterocycles. The molecule has 5 aromatic rings. The molecule has 0 aliphatic carbocycles. The average molecular weight is 493 g/mol. The van der Waals surface area contributed by atoms with E-state index in [9.17, 15) is 4.79 Å². The zero-order valence-electron chi connectivity index (χ0n) is 20.8. The molecule has 0 radical (unpaired) electrons. The topological polar surface area (TPSA) is 96.0 Å². The van der Waals surface area contributed by atoms with Crippen LogP contribution in [0.4, 0.5) is 5.82 Å². The van der Waals surface area contributed by atoms with E-state index in [1.807, 2.05) is 66.9 Å². The molecule has 1 unspecified atom stereocenters. The highest BCUT2D eigenvalue weighted by atomic mass is 16.5. The van der Waals surface area contributed by atoms with Crippen LogP contribution in [0, 0.1) is 0 Å². The van der Waals surface area contributed by atoms with Crippen LogP contribution in [0.3, 0.4) is 0 Å². The molecular formula is C29H28N6O2. The smallest absolute Gasteiger partial charge is 0.251 e. The number of ether oxygens (including phenoxy) is 1. The first-order valence-corrected chi connectivity index (χ1v) is 12.5. The van der Waals surface area contributed by atoms with E-state index in [4.69, 9.17) is 14.7 Å². The van der Waals surface area contributed by atoms with Gasteiger partial charge in [0.15, 0.2) is 0 Å². The zero-order valence-corrected chi connectivity index (χ0v) is 20.8. The van der Waals surface area contributed by atoms with E-state index in [1.165, 1.54) is 0 Å². The molecule has 5 heterocycles. The van der Waals surface area contributed by atoms with Crippen LogP contribution in [0.5, 0.6) is 0 Å². The molecule has 6 rings (SSSR count). The number of amides is 1. The Morgan fingerprint density at radius 2 is 1.81 bits per heavy atom. The number of carbonyl (C=O) groups excluding carboxylic acids is 1. The number of H-pyrrole nitrogens is 1. The number of anilines is 1. The van der Waals surface area contributed by atoms with Crippen molar-refractivity contribution in [2.24, 2.45) is 0 Å². The minimum Gasteiger partial charge on any atom is -0.372 e. The van der Waals surface area contributed by atoms with Gasteiger partial charge in [0.25, 0.3) is 5.91 Å². The van der Waals surface area contributed by atoms with Gasteiger partial charge in [-0.1, -0.05) is 12.1 Å². The summed E-state index contributed by atoms with van der Waals surface area (Å²) < 4.78 is 5.87. The normalized spacial score (nSPS) is 17.8. The van der Waals surface area contributed by atoms with Crippen molar-refractivity contribution in [2.45, 2.75) is 32.6 Å². The van der Waals surface area contributed by atoms with E-state index in [1.54, 1.807) is 6.20 Å². The molecule has 1 fully saturated rings.